The van der Waals surface area contributed by atoms with E-state index in [4.69, 9.17) is 9.47 Å². The number of methoxy groups -OCH3 is 1. The van der Waals surface area contributed by atoms with Crippen LogP contribution in [0.25, 0.3) is 0 Å². The number of nitrogens with zero attached hydrogens (tertiary/aromatic N) is 1. The number of pyridine rings is 1. The van der Waals surface area contributed by atoms with E-state index in [0.717, 1.165) is 0 Å². The minimum atomic E-state index is -0.308. The molecule has 0 aromatic carbocycles. The van der Waals surface area contributed by atoms with E-state index < -0.39 is 0 Å². The summed E-state index contributed by atoms with van der Waals surface area (Å²) in [4.78, 5) is 14.5. The molecule has 0 saturated carbocycles. The van der Waals surface area contributed by atoms with Gasteiger partial charge in [0.05, 0.1) is 19.0 Å². The Balaban J connectivity index is 2.54. The molecule has 0 spiro atoms. The molecule has 0 bridgehead atoms. The molecule has 0 fully saturated rings. The van der Waals surface area contributed by atoms with Crippen LogP contribution in [0.1, 0.15) is 12.6 Å². The third-order valence-electron chi connectivity index (χ3n) is 1.46. The molecule has 0 aliphatic heterocycles. The molecule has 1 aromatic rings. The summed E-state index contributed by atoms with van der Waals surface area (Å²) in [6, 6.07) is 3.52. The Morgan fingerprint density at radius 1 is 1.54 bits per heavy atom. The third kappa shape index (κ3) is 3.11. The number of esters is 1. The van der Waals surface area contributed by atoms with E-state index >= 15 is 0 Å². The van der Waals surface area contributed by atoms with Crippen LogP contribution < -0.4 is 4.74 Å². The van der Waals surface area contributed by atoms with E-state index in [9.17, 15) is 4.79 Å². The maximum Gasteiger partial charge on any atom is 0.303 e. The fraction of sp³-hybridized carbons (Fsp3) is 0.333. The molecule has 0 amide bonds. The summed E-state index contributed by atoms with van der Waals surface area (Å²) in [5.74, 6) is 0.379. The second-order valence-electron chi connectivity index (χ2n) is 2.47. The highest BCUT2D eigenvalue weighted by Crippen LogP contribution is 2.08. The number of hydrogen-bond acceptors (Lipinski definition) is 4. The molecule has 0 N–H and O–H groups in total. The van der Waals surface area contributed by atoms with Gasteiger partial charge in [-0.2, -0.15) is 0 Å². The smallest absolute Gasteiger partial charge is 0.303 e. The summed E-state index contributed by atoms with van der Waals surface area (Å²) in [5, 5.41) is 0. The number of carbonyl (C=O) groups is 1. The van der Waals surface area contributed by atoms with Crippen LogP contribution in [0.2, 0.25) is 0 Å². The average Bonchev–Trinajstić information content (AvgIpc) is 2.15. The van der Waals surface area contributed by atoms with E-state index in [0.29, 0.717) is 11.4 Å². The molecule has 1 rings (SSSR count). The SMILES string of the molecule is COc1ccc(COC(C)=O)nc1. The van der Waals surface area contributed by atoms with Crippen molar-refractivity contribution in [2.45, 2.75) is 13.5 Å². The van der Waals surface area contributed by atoms with E-state index in [1.54, 1.807) is 25.4 Å². The van der Waals surface area contributed by atoms with E-state index in [2.05, 4.69) is 4.98 Å². The number of rotatable bonds is 3. The summed E-state index contributed by atoms with van der Waals surface area (Å²) in [6.07, 6.45) is 1.58. The van der Waals surface area contributed by atoms with Crippen molar-refractivity contribution >= 4 is 5.97 Å². The first-order valence-corrected chi connectivity index (χ1v) is 3.84. The Bertz CT molecular complexity index is 281. The predicted octanol–water partition coefficient (Wildman–Crippen LogP) is 1.15. The van der Waals surface area contributed by atoms with Crippen molar-refractivity contribution < 1.29 is 14.3 Å². The largest absolute Gasteiger partial charge is 0.495 e. The number of hydrogen-bond donors (Lipinski definition) is 0. The van der Waals surface area contributed by atoms with Crippen molar-refractivity contribution in [1.29, 1.82) is 0 Å². The fourth-order valence-electron chi connectivity index (χ4n) is 0.793. The molecule has 0 unspecified atom stereocenters. The molecule has 0 atom stereocenters. The lowest BCUT2D eigenvalue weighted by Crippen LogP contribution is -2.00. The lowest BCUT2D eigenvalue weighted by molar-refractivity contribution is -0.142. The van der Waals surface area contributed by atoms with Gasteiger partial charge in [0.1, 0.15) is 12.4 Å². The zero-order valence-electron chi connectivity index (χ0n) is 7.61. The van der Waals surface area contributed by atoms with Crippen molar-refractivity contribution in [1.82, 2.24) is 4.98 Å². The molecule has 0 aliphatic rings. The van der Waals surface area contributed by atoms with Crippen LogP contribution in [0.15, 0.2) is 18.3 Å². The van der Waals surface area contributed by atoms with Crippen molar-refractivity contribution in [3.8, 4) is 5.75 Å². The van der Waals surface area contributed by atoms with Gasteiger partial charge in [-0.3, -0.25) is 9.78 Å². The van der Waals surface area contributed by atoms with Gasteiger partial charge in [-0.15, -0.1) is 0 Å². The Morgan fingerprint density at radius 3 is 2.77 bits per heavy atom. The Hall–Kier alpha value is -1.58. The van der Waals surface area contributed by atoms with E-state index in [-0.39, 0.29) is 12.6 Å². The van der Waals surface area contributed by atoms with Crippen LogP contribution in [0.4, 0.5) is 0 Å². The zero-order valence-corrected chi connectivity index (χ0v) is 7.61. The van der Waals surface area contributed by atoms with Crippen LogP contribution in [0.5, 0.6) is 5.75 Å². The summed E-state index contributed by atoms with van der Waals surface area (Å²) in [5.41, 5.74) is 0.705. The summed E-state index contributed by atoms with van der Waals surface area (Å²) in [7, 11) is 1.57. The molecular formula is C9H11NO3. The Morgan fingerprint density at radius 2 is 2.31 bits per heavy atom. The fourth-order valence-corrected chi connectivity index (χ4v) is 0.793. The minimum absolute atomic E-state index is 0.208. The summed E-state index contributed by atoms with van der Waals surface area (Å²) >= 11 is 0. The lowest BCUT2D eigenvalue weighted by atomic mass is 10.3. The third-order valence-corrected chi connectivity index (χ3v) is 1.46. The lowest BCUT2D eigenvalue weighted by Gasteiger charge is -2.02. The standard InChI is InChI=1S/C9H11NO3/c1-7(11)13-6-8-3-4-9(12-2)5-10-8/h3-5H,6H2,1-2H3. The van der Waals surface area contributed by atoms with Gasteiger partial charge >= 0.3 is 5.97 Å². The molecule has 0 radical (unpaired) electrons. The van der Waals surface area contributed by atoms with Crippen LogP contribution in [-0.4, -0.2) is 18.1 Å². The Kier molecular flexibility index (Phi) is 3.25. The maximum atomic E-state index is 10.5. The van der Waals surface area contributed by atoms with Gasteiger partial charge in [-0.05, 0) is 12.1 Å². The van der Waals surface area contributed by atoms with Crippen molar-refractivity contribution in [2.75, 3.05) is 7.11 Å². The topological polar surface area (TPSA) is 48.4 Å². The molecule has 4 heteroatoms. The Labute approximate surface area is 76.5 Å². The van der Waals surface area contributed by atoms with Crippen LogP contribution in [0, 0.1) is 0 Å². The van der Waals surface area contributed by atoms with E-state index in [1.807, 2.05) is 0 Å². The first-order valence-electron chi connectivity index (χ1n) is 3.84. The van der Waals surface area contributed by atoms with Crippen molar-refractivity contribution in [3.63, 3.8) is 0 Å². The number of ether oxygens (including phenoxy) is 2. The van der Waals surface area contributed by atoms with E-state index in [1.165, 1.54) is 6.92 Å². The zero-order chi connectivity index (χ0) is 9.68. The van der Waals surface area contributed by atoms with Crippen LogP contribution >= 0.6 is 0 Å². The van der Waals surface area contributed by atoms with Crippen LogP contribution in [0.3, 0.4) is 0 Å². The molecule has 4 nitrogen and oxygen atoms in total. The highest BCUT2D eigenvalue weighted by atomic mass is 16.5. The molecule has 13 heavy (non-hydrogen) atoms. The van der Waals surface area contributed by atoms with Gasteiger partial charge < -0.3 is 9.47 Å². The predicted molar refractivity (Wildman–Crippen MR) is 46.3 cm³/mol. The van der Waals surface area contributed by atoms with Gasteiger partial charge in [0.15, 0.2) is 0 Å². The second-order valence-corrected chi connectivity index (χ2v) is 2.47. The average molecular weight is 181 g/mol. The first kappa shape index (κ1) is 9.51. The van der Waals surface area contributed by atoms with Crippen LogP contribution in [-0.2, 0) is 16.1 Å². The van der Waals surface area contributed by atoms with Gasteiger partial charge in [-0.1, -0.05) is 0 Å². The molecule has 70 valence electrons. The van der Waals surface area contributed by atoms with Gasteiger partial charge in [0.2, 0.25) is 0 Å². The van der Waals surface area contributed by atoms with Crippen molar-refractivity contribution in [3.05, 3.63) is 24.0 Å². The molecule has 1 aromatic heterocycles. The maximum absolute atomic E-state index is 10.5. The minimum Gasteiger partial charge on any atom is -0.495 e. The van der Waals surface area contributed by atoms with Crippen molar-refractivity contribution in [2.24, 2.45) is 0 Å². The quantitative estimate of drug-likeness (QED) is 0.656. The summed E-state index contributed by atoms with van der Waals surface area (Å²) in [6.45, 7) is 1.57. The second kappa shape index (κ2) is 4.45. The normalized spacial score (nSPS) is 9.38. The van der Waals surface area contributed by atoms with Gasteiger partial charge in [-0.25, -0.2) is 0 Å². The molecular weight excluding hydrogens is 170 g/mol. The monoisotopic (exact) mass is 181 g/mol. The number of aromatic nitrogens is 1. The summed E-state index contributed by atoms with van der Waals surface area (Å²) < 4.78 is 9.68. The molecule has 1 heterocycles. The molecule has 0 aliphatic carbocycles. The van der Waals surface area contributed by atoms with Gasteiger partial charge in [0.25, 0.3) is 0 Å². The first-order chi connectivity index (χ1) is 6.22. The van der Waals surface area contributed by atoms with Gasteiger partial charge in [0, 0.05) is 6.92 Å². The highest BCUT2D eigenvalue weighted by Gasteiger charge is 1.97. The molecule has 0 saturated heterocycles. The highest BCUT2D eigenvalue weighted by molar-refractivity contribution is 5.65. The number of carbonyl (C=O) groups excluding carboxylic acids is 1.